The molecule has 1 N–H and O–H groups in total. The van der Waals surface area contributed by atoms with Gasteiger partial charge in [-0.05, 0) is 20.3 Å². The van der Waals surface area contributed by atoms with Gasteiger partial charge in [-0.25, -0.2) is 0 Å². The van der Waals surface area contributed by atoms with Crippen LogP contribution in [0.4, 0.5) is 0 Å². The molecule has 0 aromatic heterocycles. The Labute approximate surface area is 125 Å². The third-order valence-electron chi connectivity index (χ3n) is 1.41. The van der Waals surface area contributed by atoms with Crippen LogP contribution in [-0.2, 0) is 14.3 Å². The summed E-state index contributed by atoms with van der Waals surface area (Å²) in [5.41, 5.74) is 0. The number of aliphatic hydroxyl groups excluding tert-OH is 1. The second-order valence-electron chi connectivity index (χ2n) is 3.95. The molecule has 4 nitrogen and oxygen atoms in total. The Morgan fingerprint density at radius 3 is 1.45 bits per heavy atom. The van der Waals surface area contributed by atoms with E-state index in [-0.39, 0.29) is 18.2 Å². The third kappa shape index (κ3) is 66.9. The van der Waals surface area contributed by atoms with E-state index in [2.05, 4.69) is 13.8 Å². The number of aliphatic hydroxyl groups is 1. The maximum absolute atomic E-state index is 10.2. The minimum atomic E-state index is 0.0835. The first-order valence-corrected chi connectivity index (χ1v) is 7.63. The molecule has 0 saturated carbocycles. The number of carbonyl (C=O) groups excluding carboxylic acids is 2. The first kappa shape index (κ1) is 27.6. The number of carbonyl (C=O) groups is 2. The molecule has 0 bridgehead atoms. The lowest BCUT2D eigenvalue weighted by Gasteiger charge is -1.94. The predicted octanol–water partition coefficient (Wildman–Crippen LogP) is 3.79. The van der Waals surface area contributed by atoms with E-state index in [1.165, 1.54) is 20.3 Å². The van der Waals surface area contributed by atoms with E-state index in [4.69, 9.17) is 9.84 Å². The molecule has 20 heavy (non-hydrogen) atoms. The number of rotatable bonds is 7. The zero-order chi connectivity index (χ0) is 16.8. The van der Waals surface area contributed by atoms with Crippen LogP contribution in [0.15, 0.2) is 0 Å². The summed E-state index contributed by atoms with van der Waals surface area (Å²) in [5, 5.41) is 8.17. The van der Waals surface area contributed by atoms with Gasteiger partial charge in [-0.15, -0.1) is 0 Å². The van der Waals surface area contributed by atoms with Crippen LogP contribution in [0.3, 0.4) is 0 Å². The van der Waals surface area contributed by atoms with Crippen LogP contribution in [-0.4, -0.2) is 36.5 Å². The normalized spacial score (nSPS) is 8.00. The van der Waals surface area contributed by atoms with Gasteiger partial charge in [0.15, 0.2) is 0 Å². The van der Waals surface area contributed by atoms with Crippen LogP contribution in [0.5, 0.6) is 0 Å². The molecule has 0 rings (SSSR count). The Hall–Kier alpha value is -0.740. The second kappa shape index (κ2) is 30.9. The monoisotopic (exact) mass is 292 g/mol. The quantitative estimate of drug-likeness (QED) is 0.725. The molecule has 124 valence electrons. The molecular weight excluding hydrogens is 256 g/mol. The summed E-state index contributed by atoms with van der Waals surface area (Å²) in [6.45, 7) is 14.7. The second-order valence-corrected chi connectivity index (χ2v) is 3.95. The van der Waals surface area contributed by atoms with Crippen molar-refractivity contribution in [3.8, 4) is 0 Å². The van der Waals surface area contributed by atoms with Crippen molar-refractivity contribution in [2.24, 2.45) is 0 Å². The minimum absolute atomic E-state index is 0.0835. The molecule has 0 spiro atoms. The number of ketones is 2. The van der Waals surface area contributed by atoms with Crippen molar-refractivity contribution in [3.05, 3.63) is 0 Å². The molecule has 4 heteroatoms. The predicted molar refractivity (Wildman–Crippen MR) is 86.1 cm³/mol. The van der Waals surface area contributed by atoms with Gasteiger partial charge in [-0.3, -0.25) is 0 Å². The van der Waals surface area contributed by atoms with Gasteiger partial charge in [0, 0.05) is 19.4 Å². The Morgan fingerprint density at radius 2 is 1.25 bits per heavy atom. The van der Waals surface area contributed by atoms with E-state index < -0.39 is 0 Å². The summed E-state index contributed by atoms with van der Waals surface area (Å²) < 4.78 is 4.88. The summed E-state index contributed by atoms with van der Waals surface area (Å²) in [5.74, 6) is 0.167. The molecule has 0 atom stereocenters. The molecule has 0 heterocycles. The summed E-state index contributed by atoms with van der Waals surface area (Å²) in [7, 11) is 0. The van der Waals surface area contributed by atoms with Crippen LogP contribution in [0.2, 0.25) is 0 Å². The highest BCUT2D eigenvalue weighted by atomic mass is 16.5. The summed E-state index contributed by atoms with van der Waals surface area (Å²) in [6, 6.07) is 0. The average Bonchev–Trinajstić information content (AvgIpc) is 2.41. The van der Waals surface area contributed by atoms with E-state index in [1.54, 1.807) is 0 Å². The van der Waals surface area contributed by atoms with E-state index >= 15 is 0 Å². The van der Waals surface area contributed by atoms with Crippen molar-refractivity contribution in [3.63, 3.8) is 0 Å². The van der Waals surface area contributed by atoms with E-state index in [9.17, 15) is 9.59 Å². The zero-order valence-electron chi connectivity index (χ0n) is 14.6. The molecule has 0 saturated heterocycles. The lowest BCUT2D eigenvalue weighted by molar-refractivity contribution is -0.122. The van der Waals surface area contributed by atoms with Crippen molar-refractivity contribution in [1.82, 2.24) is 0 Å². The van der Waals surface area contributed by atoms with Gasteiger partial charge in [0.1, 0.15) is 11.6 Å². The molecule has 0 radical (unpaired) electrons. The lowest BCUT2D eigenvalue weighted by Crippen LogP contribution is -1.98. The molecular formula is C16H36O4. The van der Waals surface area contributed by atoms with Crippen LogP contribution in [0, 0.1) is 0 Å². The molecule has 0 fully saturated rings. The fourth-order valence-electron chi connectivity index (χ4n) is 0.663. The van der Waals surface area contributed by atoms with Crippen molar-refractivity contribution in [1.29, 1.82) is 0 Å². The van der Waals surface area contributed by atoms with Crippen molar-refractivity contribution < 1.29 is 19.4 Å². The fraction of sp³-hybridized carbons (Fsp3) is 0.875. The Morgan fingerprint density at radius 1 is 0.900 bits per heavy atom. The van der Waals surface area contributed by atoms with E-state index in [0.29, 0.717) is 19.4 Å². The summed E-state index contributed by atoms with van der Waals surface area (Å²) in [6.07, 6.45) is 3.07. The first-order valence-electron chi connectivity index (χ1n) is 7.63. The highest BCUT2D eigenvalue weighted by Gasteiger charge is 1.95. The largest absolute Gasteiger partial charge is 0.394 e. The summed E-state index contributed by atoms with van der Waals surface area (Å²) >= 11 is 0. The molecule has 0 amide bonds. The number of Topliss-reactive ketones (excluding diaryl/α,β-unsaturated/α-hetero) is 2. The number of ether oxygens (including phenoxy) is 1. The van der Waals surface area contributed by atoms with Crippen molar-refractivity contribution >= 4 is 11.6 Å². The molecule has 0 unspecified atom stereocenters. The first-order chi connectivity index (χ1) is 9.45. The number of hydrogen-bond acceptors (Lipinski definition) is 4. The molecule has 0 aromatic carbocycles. The molecule has 0 aliphatic heterocycles. The smallest absolute Gasteiger partial charge is 0.130 e. The maximum atomic E-state index is 10.2. The average molecular weight is 292 g/mol. The van der Waals surface area contributed by atoms with Crippen LogP contribution in [0.1, 0.15) is 74.1 Å². The van der Waals surface area contributed by atoms with Gasteiger partial charge in [0.2, 0.25) is 0 Å². The van der Waals surface area contributed by atoms with Gasteiger partial charge < -0.3 is 19.4 Å². The van der Waals surface area contributed by atoms with Gasteiger partial charge in [0.25, 0.3) is 0 Å². The highest BCUT2D eigenvalue weighted by molar-refractivity contribution is 5.83. The molecule has 0 aliphatic rings. The fourth-order valence-corrected chi connectivity index (χ4v) is 0.663. The van der Waals surface area contributed by atoms with E-state index in [0.717, 1.165) is 13.0 Å². The van der Waals surface area contributed by atoms with Gasteiger partial charge >= 0.3 is 0 Å². The Balaban J connectivity index is -0.0000000974. The third-order valence-corrected chi connectivity index (χ3v) is 1.41. The standard InChI is InChI=1S/C6H10O2.C5H12O2.C3H8.C2H6/c1-5(7)3-4-6(2)8;1-2-4-7-5-3-6;1-3-2;1-2/h3-4H2,1-2H3;6H,2-5H2,1H3;3H2,1-2H3;1-2H3. The minimum Gasteiger partial charge on any atom is -0.394 e. The lowest BCUT2D eigenvalue weighted by atomic mass is 10.2. The van der Waals surface area contributed by atoms with Gasteiger partial charge in [0.05, 0.1) is 13.2 Å². The zero-order valence-corrected chi connectivity index (χ0v) is 14.6. The van der Waals surface area contributed by atoms with Crippen LogP contribution in [0.25, 0.3) is 0 Å². The van der Waals surface area contributed by atoms with Gasteiger partial charge in [-0.2, -0.15) is 0 Å². The topological polar surface area (TPSA) is 63.6 Å². The van der Waals surface area contributed by atoms with Crippen LogP contribution < -0.4 is 0 Å². The number of hydrogen-bond donors (Lipinski definition) is 1. The Kier molecular flexibility index (Phi) is 42.7. The summed E-state index contributed by atoms with van der Waals surface area (Å²) in [4.78, 5) is 20.4. The van der Waals surface area contributed by atoms with Crippen LogP contribution >= 0.6 is 0 Å². The molecule has 0 aromatic rings. The van der Waals surface area contributed by atoms with E-state index in [1.807, 2.05) is 20.8 Å². The SMILES string of the molecule is CC.CC(=O)CCC(C)=O.CCC.CCCOCCO. The van der Waals surface area contributed by atoms with Crippen molar-refractivity contribution in [2.75, 3.05) is 19.8 Å². The Bertz CT molecular complexity index is 161. The highest BCUT2D eigenvalue weighted by Crippen LogP contribution is 1.89. The molecule has 0 aliphatic carbocycles. The van der Waals surface area contributed by atoms with Gasteiger partial charge in [-0.1, -0.05) is 41.0 Å². The maximum Gasteiger partial charge on any atom is 0.130 e. The van der Waals surface area contributed by atoms with Crippen molar-refractivity contribution in [2.45, 2.75) is 74.1 Å².